The van der Waals surface area contributed by atoms with Gasteiger partial charge in [0.25, 0.3) is 5.91 Å². The Bertz CT molecular complexity index is 424. The molecule has 106 valence electrons. The minimum absolute atomic E-state index is 0.1000. The van der Waals surface area contributed by atoms with Gasteiger partial charge in [0, 0.05) is 13.6 Å². The van der Waals surface area contributed by atoms with Crippen molar-refractivity contribution in [3.8, 4) is 0 Å². The van der Waals surface area contributed by atoms with Crippen LogP contribution in [-0.4, -0.2) is 48.0 Å². The van der Waals surface area contributed by atoms with Gasteiger partial charge >= 0.3 is 0 Å². The molecule has 0 spiro atoms. The number of aryl methyl sites for hydroxylation is 2. The summed E-state index contributed by atoms with van der Waals surface area (Å²) in [5, 5.41) is 10.3. The van der Waals surface area contributed by atoms with Gasteiger partial charge in [0.05, 0.1) is 18.4 Å². The third kappa shape index (κ3) is 4.04. The van der Waals surface area contributed by atoms with Crippen molar-refractivity contribution in [2.45, 2.75) is 25.9 Å². The average molecular weight is 266 g/mol. The molecular formula is C13H22N4O2. The molecule has 0 unspecified atom stereocenters. The second-order valence-electron chi connectivity index (χ2n) is 4.87. The number of hydrogen-bond acceptors (Lipinski definition) is 4. The Morgan fingerprint density at radius 2 is 2.32 bits per heavy atom. The largest absolute Gasteiger partial charge is 0.376 e. The first-order chi connectivity index (χ1) is 9.16. The van der Waals surface area contributed by atoms with Crippen LogP contribution in [-0.2, 0) is 11.8 Å². The van der Waals surface area contributed by atoms with E-state index in [2.05, 4.69) is 15.7 Å². The van der Waals surface area contributed by atoms with Crippen LogP contribution in [0.5, 0.6) is 0 Å². The Hall–Kier alpha value is -1.40. The second kappa shape index (κ2) is 6.68. The minimum atomic E-state index is -0.1000. The lowest BCUT2D eigenvalue weighted by molar-refractivity contribution is 0.0343. The number of rotatable bonds is 5. The highest BCUT2D eigenvalue weighted by atomic mass is 16.5. The van der Waals surface area contributed by atoms with Crippen molar-refractivity contribution in [2.75, 3.05) is 26.2 Å². The molecule has 0 radical (unpaired) electrons. The Morgan fingerprint density at radius 3 is 2.95 bits per heavy atom. The third-order valence-corrected chi connectivity index (χ3v) is 3.26. The third-order valence-electron chi connectivity index (χ3n) is 3.26. The van der Waals surface area contributed by atoms with E-state index in [4.69, 9.17) is 4.74 Å². The molecule has 1 aliphatic heterocycles. The lowest BCUT2D eigenvalue weighted by Crippen LogP contribution is -2.35. The van der Waals surface area contributed by atoms with Crippen LogP contribution in [0.1, 0.15) is 29.0 Å². The van der Waals surface area contributed by atoms with Crippen LogP contribution >= 0.6 is 0 Å². The van der Waals surface area contributed by atoms with Crippen LogP contribution in [0, 0.1) is 6.92 Å². The van der Waals surface area contributed by atoms with Crippen LogP contribution < -0.4 is 10.6 Å². The van der Waals surface area contributed by atoms with Gasteiger partial charge in [-0.25, -0.2) is 0 Å². The molecular weight excluding hydrogens is 244 g/mol. The molecule has 0 bridgehead atoms. The first-order valence-corrected chi connectivity index (χ1v) is 6.78. The van der Waals surface area contributed by atoms with Crippen LogP contribution in [0.2, 0.25) is 0 Å². The van der Waals surface area contributed by atoms with Crippen molar-refractivity contribution in [1.82, 2.24) is 20.4 Å². The molecule has 1 saturated heterocycles. The topological polar surface area (TPSA) is 68.2 Å². The maximum atomic E-state index is 11.9. The number of carbonyl (C=O) groups excluding carboxylic acids is 1. The standard InChI is InChI=1S/C13H22N4O2/c1-10-9-12(17(2)16-10)13(18)15-7-8-19-11-3-5-14-6-4-11/h9,11,14H,3-8H2,1-2H3,(H,15,18). The number of carbonyl (C=O) groups is 1. The Balaban J connectivity index is 1.67. The van der Waals surface area contributed by atoms with E-state index >= 15 is 0 Å². The summed E-state index contributed by atoms with van der Waals surface area (Å²) in [5.74, 6) is -0.1000. The summed E-state index contributed by atoms with van der Waals surface area (Å²) in [6, 6.07) is 1.78. The molecule has 1 amide bonds. The highest BCUT2D eigenvalue weighted by Crippen LogP contribution is 2.06. The van der Waals surface area contributed by atoms with E-state index in [9.17, 15) is 4.79 Å². The molecule has 1 aromatic rings. The molecule has 0 atom stereocenters. The van der Waals surface area contributed by atoms with E-state index in [-0.39, 0.29) is 5.91 Å². The summed E-state index contributed by atoms with van der Waals surface area (Å²) < 4.78 is 7.32. The van der Waals surface area contributed by atoms with Gasteiger partial charge in [0.15, 0.2) is 0 Å². The lowest BCUT2D eigenvalue weighted by atomic mass is 10.1. The number of ether oxygens (including phenoxy) is 1. The second-order valence-corrected chi connectivity index (χ2v) is 4.87. The van der Waals surface area contributed by atoms with Crippen molar-refractivity contribution < 1.29 is 9.53 Å². The highest BCUT2D eigenvalue weighted by molar-refractivity contribution is 5.92. The number of nitrogens with zero attached hydrogens (tertiary/aromatic N) is 2. The fraction of sp³-hybridized carbons (Fsp3) is 0.692. The predicted octanol–water partition coefficient (Wildman–Crippen LogP) is 0.227. The summed E-state index contributed by atoms with van der Waals surface area (Å²) in [6.07, 6.45) is 2.43. The maximum absolute atomic E-state index is 11.9. The molecule has 2 heterocycles. The zero-order valence-electron chi connectivity index (χ0n) is 11.6. The summed E-state index contributed by atoms with van der Waals surface area (Å²) in [5.41, 5.74) is 1.43. The van der Waals surface area contributed by atoms with Crippen molar-refractivity contribution in [3.05, 3.63) is 17.5 Å². The van der Waals surface area contributed by atoms with Gasteiger partial charge in [0.2, 0.25) is 0 Å². The molecule has 1 fully saturated rings. The quantitative estimate of drug-likeness (QED) is 0.749. The van der Waals surface area contributed by atoms with E-state index in [1.165, 1.54) is 0 Å². The smallest absolute Gasteiger partial charge is 0.269 e. The molecule has 19 heavy (non-hydrogen) atoms. The van der Waals surface area contributed by atoms with E-state index in [1.54, 1.807) is 17.8 Å². The van der Waals surface area contributed by atoms with Crippen LogP contribution in [0.15, 0.2) is 6.07 Å². The van der Waals surface area contributed by atoms with Gasteiger partial charge in [0.1, 0.15) is 5.69 Å². The van der Waals surface area contributed by atoms with Gasteiger partial charge in [-0.15, -0.1) is 0 Å². The van der Waals surface area contributed by atoms with Gasteiger partial charge in [-0.2, -0.15) is 5.10 Å². The fourth-order valence-corrected chi connectivity index (χ4v) is 2.27. The van der Waals surface area contributed by atoms with Gasteiger partial charge in [-0.05, 0) is 38.9 Å². The molecule has 2 rings (SSSR count). The zero-order valence-corrected chi connectivity index (χ0v) is 11.6. The first kappa shape index (κ1) is 14.0. The van der Waals surface area contributed by atoms with Gasteiger partial charge in [-0.1, -0.05) is 0 Å². The van der Waals surface area contributed by atoms with Crippen molar-refractivity contribution in [1.29, 1.82) is 0 Å². The van der Waals surface area contributed by atoms with Crippen LogP contribution in [0.25, 0.3) is 0 Å². The molecule has 0 aliphatic carbocycles. The van der Waals surface area contributed by atoms with Gasteiger partial charge < -0.3 is 15.4 Å². The normalized spacial score (nSPS) is 16.5. The van der Waals surface area contributed by atoms with E-state index in [0.717, 1.165) is 31.6 Å². The van der Waals surface area contributed by atoms with Crippen molar-refractivity contribution in [3.63, 3.8) is 0 Å². The Labute approximate surface area is 113 Å². The van der Waals surface area contributed by atoms with Crippen LogP contribution in [0.4, 0.5) is 0 Å². The van der Waals surface area contributed by atoms with Crippen LogP contribution in [0.3, 0.4) is 0 Å². The predicted molar refractivity (Wildman–Crippen MR) is 72.1 cm³/mol. The highest BCUT2D eigenvalue weighted by Gasteiger charge is 2.14. The molecule has 0 aromatic carbocycles. The molecule has 1 aromatic heterocycles. The fourth-order valence-electron chi connectivity index (χ4n) is 2.27. The number of aromatic nitrogens is 2. The number of amides is 1. The molecule has 6 heteroatoms. The Kier molecular flexibility index (Phi) is 4.93. The van der Waals surface area contributed by atoms with Gasteiger partial charge in [-0.3, -0.25) is 9.48 Å². The summed E-state index contributed by atoms with van der Waals surface area (Å²) in [4.78, 5) is 11.9. The molecule has 6 nitrogen and oxygen atoms in total. The van der Waals surface area contributed by atoms with E-state index in [1.807, 2.05) is 6.92 Å². The molecule has 2 N–H and O–H groups in total. The van der Waals surface area contributed by atoms with E-state index < -0.39 is 0 Å². The van der Waals surface area contributed by atoms with E-state index in [0.29, 0.717) is 24.9 Å². The number of piperidine rings is 1. The lowest BCUT2D eigenvalue weighted by Gasteiger charge is -2.22. The van der Waals surface area contributed by atoms with Crippen molar-refractivity contribution in [2.24, 2.45) is 7.05 Å². The number of nitrogens with one attached hydrogen (secondary N) is 2. The number of hydrogen-bond donors (Lipinski definition) is 2. The summed E-state index contributed by atoms with van der Waals surface area (Å²) in [7, 11) is 1.77. The summed E-state index contributed by atoms with van der Waals surface area (Å²) in [6.45, 7) is 5.01. The summed E-state index contributed by atoms with van der Waals surface area (Å²) >= 11 is 0. The molecule has 0 saturated carbocycles. The monoisotopic (exact) mass is 266 g/mol. The minimum Gasteiger partial charge on any atom is -0.376 e. The average Bonchev–Trinajstić information content (AvgIpc) is 2.75. The molecule has 1 aliphatic rings. The maximum Gasteiger partial charge on any atom is 0.269 e. The Morgan fingerprint density at radius 1 is 1.58 bits per heavy atom. The zero-order chi connectivity index (χ0) is 13.7. The first-order valence-electron chi connectivity index (χ1n) is 6.78. The SMILES string of the molecule is Cc1cc(C(=O)NCCOC2CCNCC2)n(C)n1. The van der Waals surface area contributed by atoms with Crippen molar-refractivity contribution >= 4 is 5.91 Å².